The summed E-state index contributed by atoms with van der Waals surface area (Å²) in [5.74, 6) is 0.703. The Morgan fingerprint density at radius 1 is 1.50 bits per heavy atom. The normalized spacial score (nSPS) is 13.9. The second kappa shape index (κ2) is 6.96. The molecule has 0 bridgehead atoms. The van der Waals surface area contributed by atoms with Gasteiger partial charge in [0.25, 0.3) is 0 Å². The molecular formula is C13H22N4O. The van der Waals surface area contributed by atoms with Crippen LogP contribution in [0.2, 0.25) is 0 Å². The van der Waals surface area contributed by atoms with Gasteiger partial charge in [-0.1, -0.05) is 25.1 Å². The van der Waals surface area contributed by atoms with Crippen LogP contribution in [0.25, 0.3) is 0 Å². The zero-order chi connectivity index (χ0) is 13.5. The summed E-state index contributed by atoms with van der Waals surface area (Å²) in [6.07, 6.45) is 2.74. The second-order valence-corrected chi connectivity index (χ2v) is 4.91. The fourth-order valence-corrected chi connectivity index (χ4v) is 1.93. The fourth-order valence-electron chi connectivity index (χ4n) is 1.93. The topological polar surface area (TPSA) is 83.5 Å². The molecule has 1 atom stereocenters. The van der Waals surface area contributed by atoms with Gasteiger partial charge < -0.3 is 16.3 Å². The van der Waals surface area contributed by atoms with E-state index in [2.05, 4.69) is 36.2 Å². The Kier molecular flexibility index (Phi) is 5.58. The number of rotatable bonds is 6. The van der Waals surface area contributed by atoms with Gasteiger partial charge in [-0.15, -0.1) is 0 Å². The molecule has 5 nitrogen and oxygen atoms in total. The van der Waals surface area contributed by atoms with E-state index in [1.807, 2.05) is 12.1 Å². The first-order valence-electron chi connectivity index (χ1n) is 6.19. The van der Waals surface area contributed by atoms with Crippen LogP contribution in [0.15, 0.2) is 23.5 Å². The molecule has 1 unspecified atom stereocenters. The Morgan fingerprint density at radius 2 is 2.22 bits per heavy atom. The first kappa shape index (κ1) is 14.4. The summed E-state index contributed by atoms with van der Waals surface area (Å²) < 4.78 is 0. The number of amidine groups is 1. The molecule has 5 heteroatoms. The molecule has 0 aliphatic carbocycles. The smallest absolute Gasteiger partial charge is 0.189 e. The number of nitrogens with two attached hydrogens (primary N) is 1. The third kappa shape index (κ3) is 4.33. The van der Waals surface area contributed by atoms with E-state index in [-0.39, 0.29) is 5.84 Å². The van der Waals surface area contributed by atoms with Crippen LogP contribution >= 0.6 is 0 Å². The molecule has 1 heterocycles. The van der Waals surface area contributed by atoms with Gasteiger partial charge in [-0.3, -0.25) is 4.98 Å². The molecule has 18 heavy (non-hydrogen) atoms. The van der Waals surface area contributed by atoms with E-state index in [9.17, 15) is 0 Å². The Hall–Kier alpha value is -1.62. The standard InChI is InChI=1S/C13H22N4O/c1-9(2)7-10(3)16-8-11-5-4-6-15-12(11)13(14)17-18/h4-6,9-10,16,18H,7-8H2,1-3H3,(H2,14,17). The molecule has 100 valence electrons. The van der Waals surface area contributed by atoms with Gasteiger partial charge in [-0.05, 0) is 30.9 Å². The minimum atomic E-state index is 0.0453. The zero-order valence-electron chi connectivity index (χ0n) is 11.2. The third-order valence-corrected chi connectivity index (χ3v) is 2.71. The van der Waals surface area contributed by atoms with Crippen LogP contribution in [-0.2, 0) is 6.54 Å². The molecule has 0 spiro atoms. The maximum atomic E-state index is 8.71. The van der Waals surface area contributed by atoms with Gasteiger partial charge in [0.1, 0.15) is 5.69 Å². The van der Waals surface area contributed by atoms with Crippen molar-refractivity contribution in [2.75, 3.05) is 0 Å². The van der Waals surface area contributed by atoms with E-state index in [1.165, 1.54) is 0 Å². The summed E-state index contributed by atoms with van der Waals surface area (Å²) in [6, 6.07) is 4.19. The van der Waals surface area contributed by atoms with E-state index in [0.717, 1.165) is 12.0 Å². The predicted octanol–water partition coefficient (Wildman–Crippen LogP) is 1.70. The minimum absolute atomic E-state index is 0.0453. The summed E-state index contributed by atoms with van der Waals surface area (Å²) in [5, 5.41) is 15.1. The summed E-state index contributed by atoms with van der Waals surface area (Å²) in [5.41, 5.74) is 7.06. The van der Waals surface area contributed by atoms with Crippen LogP contribution in [0.1, 0.15) is 38.4 Å². The van der Waals surface area contributed by atoms with E-state index in [0.29, 0.717) is 24.2 Å². The van der Waals surface area contributed by atoms with Crippen molar-refractivity contribution >= 4 is 5.84 Å². The van der Waals surface area contributed by atoms with Crippen LogP contribution in [0, 0.1) is 5.92 Å². The van der Waals surface area contributed by atoms with Gasteiger partial charge in [0.2, 0.25) is 0 Å². The number of nitrogens with zero attached hydrogens (tertiary/aromatic N) is 2. The molecule has 0 radical (unpaired) electrons. The largest absolute Gasteiger partial charge is 0.409 e. The summed E-state index contributed by atoms with van der Waals surface area (Å²) >= 11 is 0. The highest BCUT2D eigenvalue weighted by atomic mass is 16.4. The maximum Gasteiger partial charge on any atom is 0.189 e. The van der Waals surface area contributed by atoms with Gasteiger partial charge in [0.15, 0.2) is 5.84 Å². The van der Waals surface area contributed by atoms with Crippen LogP contribution in [0.5, 0.6) is 0 Å². The average molecular weight is 250 g/mol. The fraction of sp³-hybridized carbons (Fsp3) is 0.538. The zero-order valence-corrected chi connectivity index (χ0v) is 11.2. The molecule has 0 aliphatic heterocycles. The molecule has 1 aromatic rings. The Labute approximate surface area is 108 Å². The van der Waals surface area contributed by atoms with E-state index in [4.69, 9.17) is 10.9 Å². The SMILES string of the molecule is CC(C)CC(C)NCc1cccnc1C(N)=NO. The molecule has 0 amide bonds. The molecular weight excluding hydrogens is 228 g/mol. The van der Waals surface area contributed by atoms with Crippen molar-refractivity contribution in [3.63, 3.8) is 0 Å². The lowest BCUT2D eigenvalue weighted by atomic mass is 10.0. The van der Waals surface area contributed by atoms with Crippen molar-refractivity contribution in [1.29, 1.82) is 0 Å². The average Bonchev–Trinajstić information content (AvgIpc) is 2.35. The van der Waals surface area contributed by atoms with E-state index >= 15 is 0 Å². The Balaban J connectivity index is 2.67. The van der Waals surface area contributed by atoms with Gasteiger partial charge in [-0.25, -0.2) is 0 Å². The molecule has 0 fully saturated rings. The van der Waals surface area contributed by atoms with Crippen molar-refractivity contribution in [3.8, 4) is 0 Å². The summed E-state index contributed by atoms with van der Waals surface area (Å²) in [6.45, 7) is 7.21. The second-order valence-electron chi connectivity index (χ2n) is 4.91. The number of pyridine rings is 1. The number of hydrogen-bond acceptors (Lipinski definition) is 4. The van der Waals surface area contributed by atoms with Crippen LogP contribution in [0.4, 0.5) is 0 Å². The highest BCUT2D eigenvalue weighted by Gasteiger charge is 2.10. The van der Waals surface area contributed by atoms with Gasteiger partial charge in [-0.2, -0.15) is 0 Å². The van der Waals surface area contributed by atoms with Crippen molar-refractivity contribution < 1.29 is 5.21 Å². The number of aromatic nitrogens is 1. The van der Waals surface area contributed by atoms with Crippen LogP contribution in [0.3, 0.4) is 0 Å². The summed E-state index contributed by atoms with van der Waals surface area (Å²) in [7, 11) is 0. The molecule has 0 aliphatic rings. The van der Waals surface area contributed by atoms with E-state index < -0.39 is 0 Å². The third-order valence-electron chi connectivity index (χ3n) is 2.71. The van der Waals surface area contributed by atoms with Gasteiger partial charge >= 0.3 is 0 Å². The quantitative estimate of drug-likeness (QED) is 0.310. The van der Waals surface area contributed by atoms with Crippen molar-refractivity contribution in [2.24, 2.45) is 16.8 Å². The molecule has 1 rings (SSSR count). The van der Waals surface area contributed by atoms with E-state index in [1.54, 1.807) is 6.20 Å². The predicted molar refractivity (Wildman–Crippen MR) is 72.5 cm³/mol. The van der Waals surface area contributed by atoms with Gasteiger partial charge in [0.05, 0.1) is 0 Å². The van der Waals surface area contributed by atoms with Crippen molar-refractivity contribution in [2.45, 2.75) is 39.8 Å². The Morgan fingerprint density at radius 3 is 2.83 bits per heavy atom. The highest BCUT2D eigenvalue weighted by molar-refractivity contribution is 5.96. The highest BCUT2D eigenvalue weighted by Crippen LogP contribution is 2.08. The van der Waals surface area contributed by atoms with Gasteiger partial charge in [0, 0.05) is 18.8 Å². The lowest BCUT2D eigenvalue weighted by Gasteiger charge is -2.16. The number of hydrogen-bond donors (Lipinski definition) is 3. The lowest BCUT2D eigenvalue weighted by Crippen LogP contribution is -2.28. The maximum absolute atomic E-state index is 8.71. The molecule has 4 N–H and O–H groups in total. The van der Waals surface area contributed by atoms with Crippen molar-refractivity contribution in [3.05, 3.63) is 29.6 Å². The van der Waals surface area contributed by atoms with Crippen LogP contribution in [-0.4, -0.2) is 22.1 Å². The molecule has 0 aromatic carbocycles. The first-order valence-corrected chi connectivity index (χ1v) is 6.19. The lowest BCUT2D eigenvalue weighted by molar-refractivity contribution is 0.318. The summed E-state index contributed by atoms with van der Waals surface area (Å²) in [4.78, 5) is 4.13. The first-order chi connectivity index (χ1) is 8.54. The Bertz CT molecular complexity index is 404. The minimum Gasteiger partial charge on any atom is -0.409 e. The monoisotopic (exact) mass is 250 g/mol. The van der Waals surface area contributed by atoms with Crippen LogP contribution < -0.4 is 11.1 Å². The molecule has 0 saturated carbocycles. The van der Waals surface area contributed by atoms with Crippen molar-refractivity contribution in [1.82, 2.24) is 10.3 Å². The molecule has 1 aromatic heterocycles. The number of oxime groups is 1. The number of nitrogens with one attached hydrogen (secondary N) is 1. The molecule has 0 saturated heterocycles.